The molecule has 1 fully saturated rings. The maximum absolute atomic E-state index is 11.6. The first kappa shape index (κ1) is 19.8. The SMILES string of the molecule is CC(=O)N1CCN(Cc2ccc(-c3cc(C(N)=O)c(NC(N)=O)s3)cc2)CC1. The third-order valence-electron chi connectivity index (χ3n) is 4.70. The standard InChI is InChI=1S/C19H23N5O3S/c1-12(25)24-8-6-23(7-9-24)11-13-2-4-14(5-3-13)16-10-15(17(20)26)18(28-16)22-19(21)27/h2-5,10H,6-9,11H2,1H3,(H2,20,26)(H3,21,22,27). The molecule has 2 aromatic rings. The van der Waals surface area contributed by atoms with Crippen LogP contribution >= 0.6 is 11.3 Å². The minimum atomic E-state index is -0.740. The first-order valence-corrected chi connectivity index (χ1v) is 9.72. The van der Waals surface area contributed by atoms with Crippen molar-refractivity contribution in [3.8, 4) is 10.4 Å². The van der Waals surface area contributed by atoms with Gasteiger partial charge in [0.15, 0.2) is 0 Å². The van der Waals surface area contributed by atoms with Gasteiger partial charge in [0.2, 0.25) is 5.91 Å². The lowest BCUT2D eigenvalue weighted by Crippen LogP contribution is -2.47. The fourth-order valence-electron chi connectivity index (χ4n) is 3.17. The smallest absolute Gasteiger partial charge is 0.317 e. The minimum absolute atomic E-state index is 0.125. The molecule has 8 nitrogen and oxygen atoms in total. The van der Waals surface area contributed by atoms with Crippen molar-refractivity contribution in [2.75, 3.05) is 31.5 Å². The van der Waals surface area contributed by atoms with Crippen molar-refractivity contribution in [2.45, 2.75) is 13.5 Å². The highest BCUT2D eigenvalue weighted by Gasteiger charge is 2.19. The monoisotopic (exact) mass is 401 g/mol. The zero-order valence-electron chi connectivity index (χ0n) is 15.6. The number of amides is 4. The molecule has 0 bridgehead atoms. The van der Waals surface area contributed by atoms with E-state index < -0.39 is 11.9 Å². The molecule has 0 spiro atoms. The summed E-state index contributed by atoms with van der Waals surface area (Å²) in [6.07, 6.45) is 0. The Kier molecular flexibility index (Phi) is 5.96. The largest absolute Gasteiger partial charge is 0.366 e. The lowest BCUT2D eigenvalue weighted by atomic mass is 10.1. The lowest BCUT2D eigenvalue weighted by Gasteiger charge is -2.34. The van der Waals surface area contributed by atoms with E-state index in [-0.39, 0.29) is 11.5 Å². The summed E-state index contributed by atoms with van der Waals surface area (Å²) in [5.74, 6) is -0.493. The Balaban J connectivity index is 1.68. The van der Waals surface area contributed by atoms with Crippen LogP contribution < -0.4 is 16.8 Å². The van der Waals surface area contributed by atoms with Gasteiger partial charge in [0.1, 0.15) is 5.00 Å². The fraction of sp³-hybridized carbons (Fsp3) is 0.316. The van der Waals surface area contributed by atoms with E-state index in [0.29, 0.717) is 5.00 Å². The van der Waals surface area contributed by atoms with Gasteiger partial charge in [-0.15, -0.1) is 11.3 Å². The van der Waals surface area contributed by atoms with Crippen LogP contribution in [0.2, 0.25) is 0 Å². The normalized spacial score (nSPS) is 14.7. The molecule has 3 rings (SSSR count). The number of nitrogens with zero attached hydrogens (tertiary/aromatic N) is 2. The molecule has 0 atom stereocenters. The van der Waals surface area contributed by atoms with Gasteiger partial charge in [-0.1, -0.05) is 24.3 Å². The molecule has 1 aliphatic heterocycles. The average Bonchev–Trinajstić information content (AvgIpc) is 3.06. The molecule has 0 aliphatic carbocycles. The van der Waals surface area contributed by atoms with E-state index in [9.17, 15) is 14.4 Å². The Morgan fingerprint density at radius 2 is 1.71 bits per heavy atom. The van der Waals surface area contributed by atoms with Gasteiger partial charge in [-0.05, 0) is 17.2 Å². The predicted octanol–water partition coefficient (Wildman–Crippen LogP) is 1.67. The van der Waals surface area contributed by atoms with E-state index in [1.165, 1.54) is 16.9 Å². The highest BCUT2D eigenvalue weighted by Crippen LogP contribution is 2.35. The van der Waals surface area contributed by atoms with Gasteiger partial charge in [0.05, 0.1) is 5.56 Å². The first-order valence-electron chi connectivity index (χ1n) is 8.90. The number of primary amides is 2. The van der Waals surface area contributed by atoms with Crippen LogP contribution in [0, 0.1) is 0 Å². The van der Waals surface area contributed by atoms with Crippen molar-refractivity contribution in [2.24, 2.45) is 11.5 Å². The maximum Gasteiger partial charge on any atom is 0.317 e. The summed E-state index contributed by atoms with van der Waals surface area (Å²) < 4.78 is 0. The Morgan fingerprint density at radius 3 is 2.25 bits per heavy atom. The summed E-state index contributed by atoms with van der Waals surface area (Å²) in [5, 5.41) is 2.79. The van der Waals surface area contributed by atoms with Gasteiger partial charge < -0.3 is 16.4 Å². The molecule has 0 radical (unpaired) electrons. The van der Waals surface area contributed by atoms with Crippen molar-refractivity contribution in [1.29, 1.82) is 0 Å². The number of benzene rings is 1. The van der Waals surface area contributed by atoms with Crippen LogP contribution in [-0.2, 0) is 11.3 Å². The zero-order chi connectivity index (χ0) is 20.3. The molecule has 9 heteroatoms. The quantitative estimate of drug-likeness (QED) is 0.705. The van der Waals surface area contributed by atoms with Crippen LogP contribution in [0.5, 0.6) is 0 Å². The summed E-state index contributed by atoms with van der Waals surface area (Å²) in [6, 6.07) is 8.96. The van der Waals surface area contributed by atoms with E-state index in [2.05, 4.69) is 10.2 Å². The first-order chi connectivity index (χ1) is 13.3. The molecule has 1 aromatic heterocycles. The highest BCUT2D eigenvalue weighted by atomic mass is 32.1. The number of carbonyl (C=O) groups excluding carboxylic acids is 3. The third-order valence-corrected chi connectivity index (χ3v) is 5.80. The van der Waals surface area contributed by atoms with Crippen molar-refractivity contribution < 1.29 is 14.4 Å². The molecule has 148 valence electrons. The van der Waals surface area contributed by atoms with Crippen LogP contribution in [0.4, 0.5) is 9.80 Å². The molecule has 2 heterocycles. The number of urea groups is 1. The third kappa shape index (κ3) is 4.68. The van der Waals surface area contributed by atoms with Gasteiger partial charge >= 0.3 is 6.03 Å². The Hall–Kier alpha value is -2.91. The van der Waals surface area contributed by atoms with E-state index in [1.807, 2.05) is 29.2 Å². The number of anilines is 1. The van der Waals surface area contributed by atoms with Crippen molar-refractivity contribution in [3.05, 3.63) is 41.5 Å². The Bertz CT molecular complexity index is 885. The number of hydrogen-bond acceptors (Lipinski definition) is 5. The van der Waals surface area contributed by atoms with Crippen LogP contribution in [0.25, 0.3) is 10.4 Å². The van der Waals surface area contributed by atoms with E-state index in [0.717, 1.165) is 43.2 Å². The van der Waals surface area contributed by atoms with Crippen LogP contribution in [0.1, 0.15) is 22.8 Å². The predicted molar refractivity (Wildman–Crippen MR) is 109 cm³/mol. The summed E-state index contributed by atoms with van der Waals surface area (Å²) in [7, 11) is 0. The fourth-order valence-corrected chi connectivity index (χ4v) is 4.25. The number of rotatable bonds is 5. The summed E-state index contributed by atoms with van der Waals surface area (Å²) in [5.41, 5.74) is 12.9. The van der Waals surface area contributed by atoms with Gasteiger partial charge in [0, 0.05) is 44.5 Å². The summed E-state index contributed by atoms with van der Waals surface area (Å²) in [4.78, 5) is 39.1. The van der Waals surface area contributed by atoms with E-state index in [4.69, 9.17) is 11.5 Å². The molecular formula is C19H23N5O3S. The van der Waals surface area contributed by atoms with Crippen molar-refractivity contribution in [1.82, 2.24) is 9.80 Å². The molecule has 5 N–H and O–H groups in total. The van der Waals surface area contributed by atoms with Crippen molar-refractivity contribution in [3.63, 3.8) is 0 Å². The van der Waals surface area contributed by atoms with Gasteiger partial charge in [-0.2, -0.15) is 0 Å². The van der Waals surface area contributed by atoms with Crippen LogP contribution in [-0.4, -0.2) is 53.8 Å². The molecule has 28 heavy (non-hydrogen) atoms. The van der Waals surface area contributed by atoms with Gasteiger partial charge in [-0.3, -0.25) is 19.8 Å². The number of nitrogens with one attached hydrogen (secondary N) is 1. The second-order valence-electron chi connectivity index (χ2n) is 6.69. The number of piperazine rings is 1. The topological polar surface area (TPSA) is 122 Å². The highest BCUT2D eigenvalue weighted by molar-refractivity contribution is 7.20. The molecule has 1 aliphatic rings. The molecule has 1 aromatic carbocycles. The number of thiophene rings is 1. The second kappa shape index (κ2) is 8.41. The Morgan fingerprint density at radius 1 is 1.07 bits per heavy atom. The average molecular weight is 401 g/mol. The van der Waals surface area contributed by atoms with E-state index in [1.54, 1.807) is 13.0 Å². The second-order valence-corrected chi connectivity index (χ2v) is 7.74. The molecule has 0 saturated carbocycles. The van der Waals surface area contributed by atoms with Crippen molar-refractivity contribution >= 4 is 34.2 Å². The lowest BCUT2D eigenvalue weighted by molar-refractivity contribution is -0.130. The van der Waals surface area contributed by atoms with Gasteiger partial charge in [0.25, 0.3) is 5.91 Å². The summed E-state index contributed by atoms with van der Waals surface area (Å²) in [6.45, 7) is 5.65. The maximum atomic E-state index is 11.6. The minimum Gasteiger partial charge on any atom is -0.366 e. The zero-order valence-corrected chi connectivity index (χ0v) is 16.4. The van der Waals surface area contributed by atoms with Crippen LogP contribution in [0.3, 0.4) is 0 Å². The summed E-state index contributed by atoms with van der Waals surface area (Å²) >= 11 is 1.25. The number of nitrogens with two attached hydrogens (primary N) is 2. The molecule has 4 amide bonds. The van der Waals surface area contributed by atoms with Gasteiger partial charge in [-0.25, -0.2) is 4.79 Å². The Labute approximate surface area is 167 Å². The van der Waals surface area contributed by atoms with Crippen LogP contribution in [0.15, 0.2) is 30.3 Å². The molecular weight excluding hydrogens is 378 g/mol. The number of carbonyl (C=O) groups is 3. The van der Waals surface area contributed by atoms with E-state index >= 15 is 0 Å². The number of hydrogen-bond donors (Lipinski definition) is 3. The molecule has 1 saturated heterocycles. The molecule has 0 unspecified atom stereocenters.